The summed E-state index contributed by atoms with van der Waals surface area (Å²) < 4.78 is 0. The number of carbonyl (C=O) groups excluding carboxylic acids is 1. The first kappa shape index (κ1) is 16.2. The Balaban J connectivity index is 1.72. The number of anilines is 1. The van der Waals surface area contributed by atoms with E-state index in [4.69, 9.17) is 5.11 Å². The van der Waals surface area contributed by atoms with Gasteiger partial charge in [-0.25, -0.2) is 0 Å². The van der Waals surface area contributed by atoms with E-state index in [2.05, 4.69) is 39.9 Å². The number of para-hydroxylation sites is 1. The molecule has 1 heterocycles. The van der Waals surface area contributed by atoms with Crippen LogP contribution >= 0.6 is 0 Å². The van der Waals surface area contributed by atoms with Gasteiger partial charge in [-0.3, -0.25) is 4.79 Å². The second kappa shape index (κ2) is 7.77. The number of aromatic amines is 1. The van der Waals surface area contributed by atoms with Crippen LogP contribution in [0.3, 0.4) is 0 Å². The van der Waals surface area contributed by atoms with Crippen LogP contribution < -0.4 is 10.6 Å². The van der Waals surface area contributed by atoms with E-state index in [0.29, 0.717) is 6.54 Å². The maximum atomic E-state index is 12.0. The Morgan fingerprint density at radius 2 is 2.00 bits per heavy atom. The predicted octanol–water partition coefficient (Wildman–Crippen LogP) is 2.28. The lowest BCUT2D eigenvalue weighted by Gasteiger charge is -2.12. The van der Waals surface area contributed by atoms with Crippen LogP contribution in [0, 0.1) is 0 Å². The molecule has 24 heavy (non-hydrogen) atoms. The fourth-order valence-corrected chi connectivity index (χ4v) is 2.70. The van der Waals surface area contributed by atoms with Crippen LogP contribution in [0.25, 0.3) is 10.9 Å². The highest BCUT2D eigenvalue weighted by molar-refractivity contribution is 5.93. The Hall–Kier alpha value is -2.63. The van der Waals surface area contributed by atoms with Crippen molar-refractivity contribution in [2.24, 2.45) is 0 Å². The Kier molecular flexibility index (Phi) is 5.25. The molecule has 0 saturated heterocycles. The van der Waals surface area contributed by atoms with E-state index in [1.54, 1.807) is 0 Å². The zero-order chi connectivity index (χ0) is 16.8. The molecule has 1 amide bonds. The predicted molar refractivity (Wildman–Crippen MR) is 96.1 cm³/mol. The SMILES string of the molecule is O=C(CNCCO)Nc1ccccc1Cc1ccc2[nH]ccc2c1. The van der Waals surface area contributed by atoms with E-state index < -0.39 is 0 Å². The van der Waals surface area contributed by atoms with Crippen molar-refractivity contribution >= 4 is 22.5 Å². The van der Waals surface area contributed by atoms with Gasteiger partial charge in [0.1, 0.15) is 0 Å². The summed E-state index contributed by atoms with van der Waals surface area (Å²) in [5.41, 5.74) is 4.21. The van der Waals surface area contributed by atoms with Crippen LogP contribution in [0.2, 0.25) is 0 Å². The van der Waals surface area contributed by atoms with Crippen molar-refractivity contribution < 1.29 is 9.90 Å². The third kappa shape index (κ3) is 4.01. The second-order valence-corrected chi connectivity index (χ2v) is 5.68. The van der Waals surface area contributed by atoms with Gasteiger partial charge < -0.3 is 20.7 Å². The number of nitrogens with one attached hydrogen (secondary N) is 3. The fraction of sp³-hybridized carbons (Fsp3) is 0.211. The van der Waals surface area contributed by atoms with Gasteiger partial charge in [-0.2, -0.15) is 0 Å². The van der Waals surface area contributed by atoms with E-state index in [-0.39, 0.29) is 19.1 Å². The van der Waals surface area contributed by atoms with Crippen LogP contribution in [-0.2, 0) is 11.2 Å². The number of rotatable bonds is 7. The second-order valence-electron chi connectivity index (χ2n) is 5.68. The van der Waals surface area contributed by atoms with Gasteiger partial charge in [0.15, 0.2) is 0 Å². The Labute approximate surface area is 140 Å². The molecule has 0 aliphatic heterocycles. The Morgan fingerprint density at radius 1 is 1.12 bits per heavy atom. The average molecular weight is 323 g/mol. The first-order chi connectivity index (χ1) is 11.8. The molecule has 0 radical (unpaired) electrons. The van der Waals surface area contributed by atoms with Crippen molar-refractivity contribution in [3.05, 3.63) is 65.9 Å². The number of H-pyrrole nitrogens is 1. The standard InChI is InChI=1S/C19H21N3O2/c23-10-9-20-13-19(24)22-18-4-2-1-3-15(18)11-14-5-6-17-16(12-14)7-8-21-17/h1-8,12,20-21,23H,9-11,13H2,(H,22,24). The molecule has 124 valence electrons. The number of aliphatic hydroxyl groups is 1. The van der Waals surface area contributed by atoms with Crippen LogP contribution in [-0.4, -0.2) is 35.7 Å². The Morgan fingerprint density at radius 3 is 2.88 bits per heavy atom. The molecule has 0 spiro atoms. The summed E-state index contributed by atoms with van der Waals surface area (Å²) in [4.78, 5) is 15.2. The highest BCUT2D eigenvalue weighted by Gasteiger charge is 2.07. The number of fused-ring (bicyclic) bond motifs is 1. The summed E-state index contributed by atoms with van der Waals surface area (Å²) in [5.74, 6) is -0.114. The maximum Gasteiger partial charge on any atom is 0.238 e. The van der Waals surface area contributed by atoms with Crippen molar-refractivity contribution in [3.8, 4) is 0 Å². The highest BCUT2D eigenvalue weighted by atomic mass is 16.3. The van der Waals surface area contributed by atoms with Crippen molar-refractivity contribution in [2.45, 2.75) is 6.42 Å². The molecule has 5 heteroatoms. The first-order valence-corrected chi connectivity index (χ1v) is 8.01. The molecule has 4 N–H and O–H groups in total. The average Bonchev–Trinajstić information content (AvgIpc) is 3.04. The number of aliphatic hydroxyl groups excluding tert-OH is 1. The lowest BCUT2D eigenvalue weighted by molar-refractivity contribution is -0.115. The number of carbonyl (C=O) groups is 1. The summed E-state index contributed by atoms with van der Waals surface area (Å²) in [7, 11) is 0. The van der Waals surface area contributed by atoms with Crippen molar-refractivity contribution in [2.75, 3.05) is 25.0 Å². The summed E-state index contributed by atoms with van der Waals surface area (Å²) in [6, 6.07) is 16.2. The van der Waals surface area contributed by atoms with Gasteiger partial charge in [0.25, 0.3) is 0 Å². The minimum Gasteiger partial charge on any atom is -0.395 e. The van der Waals surface area contributed by atoms with E-state index in [0.717, 1.165) is 23.2 Å². The van der Waals surface area contributed by atoms with Crippen LogP contribution in [0.15, 0.2) is 54.7 Å². The van der Waals surface area contributed by atoms with Gasteiger partial charge in [0.2, 0.25) is 5.91 Å². The van der Waals surface area contributed by atoms with E-state index >= 15 is 0 Å². The summed E-state index contributed by atoms with van der Waals surface area (Å²) in [6.45, 7) is 0.613. The number of hydrogen-bond acceptors (Lipinski definition) is 3. The lowest BCUT2D eigenvalue weighted by Crippen LogP contribution is -2.30. The molecule has 0 fully saturated rings. The van der Waals surface area contributed by atoms with Gasteiger partial charge in [-0.15, -0.1) is 0 Å². The fourth-order valence-electron chi connectivity index (χ4n) is 2.70. The number of aromatic nitrogens is 1. The number of hydrogen-bond donors (Lipinski definition) is 4. The first-order valence-electron chi connectivity index (χ1n) is 8.01. The number of benzene rings is 2. The molecule has 0 unspecified atom stereocenters. The van der Waals surface area contributed by atoms with Gasteiger partial charge in [-0.05, 0) is 47.2 Å². The Bertz CT molecular complexity index is 826. The smallest absolute Gasteiger partial charge is 0.238 e. The summed E-state index contributed by atoms with van der Waals surface area (Å²) in [6.07, 6.45) is 2.68. The molecule has 5 nitrogen and oxygen atoms in total. The van der Waals surface area contributed by atoms with Crippen molar-refractivity contribution in [3.63, 3.8) is 0 Å². The minimum atomic E-state index is -0.114. The normalized spacial score (nSPS) is 10.9. The molecule has 3 rings (SSSR count). The van der Waals surface area contributed by atoms with Crippen LogP contribution in [0.5, 0.6) is 0 Å². The molecule has 3 aromatic rings. The number of amides is 1. The monoisotopic (exact) mass is 323 g/mol. The van der Waals surface area contributed by atoms with Crippen molar-refractivity contribution in [1.82, 2.24) is 10.3 Å². The van der Waals surface area contributed by atoms with Gasteiger partial charge in [0.05, 0.1) is 13.2 Å². The highest BCUT2D eigenvalue weighted by Crippen LogP contribution is 2.21. The van der Waals surface area contributed by atoms with E-state index in [1.807, 2.05) is 30.5 Å². The van der Waals surface area contributed by atoms with Gasteiger partial charge in [0, 0.05) is 23.9 Å². The molecule has 2 aromatic carbocycles. The van der Waals surface area contributed by atoms with Crippen LogP contribution in [0.4, 0.5) is 5.69 Å². The van der Waals surface area contributed by atoms with Gasteiger partial charge in [-0.1, -0.05) is 24.3 Å². The van der Waals surface area contributed by atoms with Crippen molar-refractivity contribution in [1.29, 1.82) is 0 Å². The zero-order valence-corrected chi connectivity index (χ0v) is 13.4. The summed E-state index contributed by atoms with van der Waals surface area (Å²) >= 11 is 0. The van der Waals surface area contributed by atoms with E-state index in [1.165, 1.54) is 10.9 Å². The molecule has 0 bridgehead atoms. The van der Waals surface area contributed by atoms with Gasteiger partial charge >= 0.3 is 0 Å². The summed E-state index contributed by atoms with van der Waals surface area (Å²) in [5, 5.41) is 15.7. The maximum absolute atomic E-state index is 12.0. The molecule has 0 atom stereocenters. The van der Waals surface area contributed by atoms with E-state index in [9.17, 15) is 4.79 Å². The molecular formula is C19H21N3O2. The molecular weight excluding hydrogens is 302 g/mol. The van der Waals surface area contributed by atoms with Crippen LogP contribution in [0.1, 0.15) is 11.1 Å². The quantitative estimate of drug-likeness (QED) is 0.504. The molecule has 1 aromatic heterocycles. The molecule has 0 aliphatic carbocycles. The zero-order valence-electron chi connectivity index (χ0n) is 13.4. The lowest BCUT2D eigenvalue weighted by atomic mass is 10.0. The molecule has 0 saturated carbocycles. The molecule has 0 aliphatic rings. The largest absolute Gasteiger partial charge is 0.395 e. The topological polar surface area (TPSA) is 77.2 Å². The minimum absolute atomic E-state index is 0.0193. The third-order valence-corrected chi connectivity index (χ3v) is 3.88. The third-order valence-electron chi connectivity index (χ3n) is 3.88.